The molecule has 0 fully saturated rings. The second kappa shape index (κ2) is 8.46. The Kier molecular flexibility index (Phi) is 8.60. The number of rotatable bonds is 10. The summed E-state index contributed by atoms with van der Waals surface area (Å²) in [4.78, 5) is 0. The summed E-state index contributed by atoms with van der Waals surface area (Å²) < 4.78 is 30.5. The first-order valence-electron chi connectivity index (χ1n) is 7.78. The highest BCUT2D eigenvalue weighted by Gasteiger charge is 2.52. The zero-order valence-corrected chi connectivity index (χ0v) is 15.0. The van der Waals surface area contributed by atoms with Gasteiger partial charge in [-0.3, -0.25) is 0 Å². The third kappa shape index (κ3) is 4.76. The van der Waals surface area contributed by atoms with Crippen molar-refractivity contribution in [3.05, 3.63) is 0 Å². The molecule has 0 bridgehead atoms. The van der Waals surface area contributed by atoms with Crippen LogP contribution in [0.4, 0.5) is 8.22 Å². The van der Waals surface area contributed by atoms with Crippen LogP contribution in [0.3, 0.4) is 0 Å². The molecule has 0 heterocycles. The van der Waals surface area contributed by atoms with E-state index in [2.05, 4.69) is 0 Å². The molecule has 0 aliphatic carbocycles. The van der Waals surface area contributed by atoms with E-state index in [0.29, 0.717) is 24.2 Å². The van der Waals surface area contributed by atoms with Gasteiger partial charge in [0.05, 0.1) is 0 Å². The molecule has 0 atom stereocenters. The fourth-order valence-electron chi connectivity index (χ4n) is 3.24. The lowest BCUT2D eigenvalue weighted by Gasteiger charge is -2.37. The molecule has 0 aromatic carbocycles. The molecule has 0 saturated heterocycles. The van der Waals surface area contributed by atoms with Crippen LogP contribution in [-0.4, -0.2) is 16.8 Å². The number of hydrogen-bond donors (Lipinski definition) is 0. The smallest absolute Gasteiger partial charge is 0.249 e. The monoisotopic (exact) mass is 294 g/mol. The topological polar surface area (TPSA) is 0 Å². The Morgan fingerprint density at radius 3 is 1.06 bits per heavy atom. The third-order valence-electron chi connectivity index (χ3n) is 4.21. The molecule has 0 aromatic heterocycles. The molecule has 0 N–H and O–H groups in total. The van der Waals surface area contributed by atoms with Crippen LogP contribution in [0.25, 0.3) is 0 Å². The molecular weight excluding hydrogens is 262 g/mol. The Morgan fingerprint density at radius 1 is 0.667 bits per heavy atom. The van der Waals surface area contributed by atoms with Crippen LogP contribution >= 0.6 is 0 Å². The largest absolute Gasteiger partial charge is 0.314 e. The van der Waals surface area contributed by atoms with E-state index >= 15 is 8.22 Å². The van der Waals surface area contributed by atoms with Gasteiger partial charge in [0, 0.05) is 5.16 Å². The Morgan fingerprint density at radius 2 is 0.889 bits per heavy atom. The fraction of sp³-hybridized carbons (Fsp3) is 1.00. The summed E-state index contributed by atoms with van der Waals surface area (Å²) in [5.41, 5.74) is 0. The van der Waals surface area contributed by atoms with Gasteiger partial charge >= 0.3 is 0 Å². The van der Waals surface area contributed by atoms with Gasteiger partial charge in [0.1, 0.15) is 0 Å². The van der Waals surface area contributed by atoms with Crippen molar-refractivity contribution in [1.82, 2.24) is 0 Å². The van der Waals surface area contributed by atoms with Crippen LogP contribution < -0.4 is 0 Å². The van der Waals surface area contributed by atoms with E-state index in [1.54, 1.807) is 0 Å². The Balaban J connectivity index is 5.04. The van der Waals surface area contributed by atoms with Crippen molar-refractivity contribution in [3.63, 3.8) is 0 Å². The zero-order chi connectivity index (χ0) is 14.2. The maximum Gasteiger partial charge on any atom is 0.249 e. The van der Waals surface area contributed by atoms with Crippen molar-refractivity contribution in [1.29, 1.82) is 0 Å². The minimum atomic E-state index is -2.88. The van der Waals surface area contributed by atoms with Gasteiger partial charge in [0.15, 0.2) is 0 Å². The van der Waals surface area contributed by atoms with E-state index in [-0.39, 0.29) is 5.16 Å². The van der Waals surface area contributed by atoms with Crippen LogP contribution in [0.5, 0.6) is 0 Å². The SMILES string of the molecule is CCC[Si](F)(CCC)C(C)[Si](F)(CCC)CCC. The summed E-state index contributed by atoms with van der Waals surface area (Å²) in [5, 5.41) is -0.218. The van der Waals surface area contributed by atoms with Crippen molar-refractivity contribution >= 4 is 16.8 Å². The summed E-state index contributed by atoms with van der Waals surface area (Å²) in [6, 6.07) is 2.64. The first-order chi connectivity index (χ1) is 8.40. The minimum Gasteiger partial charge on any atom is -0.314 e. The molecule has 0 amide bonds. The average Bonchev–Trinajstić information content (AvgIpc) is 2.29. The molecule has 0 aromatic rings. The van der Waals surface area contributed by atoms with Crippen LogP contribution in [-0.2, 0) is 0 Å². The fourth-order valence-corrected chi connectivity index (χ4v) is 14.2. The zero-order valence-electron chi connectivity index (χ0n) is 13.0. The van der Waals surface area contributed by atoms with Crippen LogP contribution in [0.2, 0.25) is 29.3 Å². The average molecular weight is 295 g/mol. The highest BCUT2D eigenvalue weighted by Crippen LogP contribution is 2.44. The van der Waals surface area contributed by atoms with E-state index in [9.17, 15) is 0 Å². The van der Waals surface area contributed by atoms with Crippen LogP contribution in [0.15, 0.2) is 0 Å². The lowest BCUT2D eigenvalue weighted by Crippen LogP contribution is -2.48. The molecule has 110 valence electrons. The van der Waals surface area contributed by atoms with Crippen LogP contribution in [0, 0.1) is 0 Å². The van der Waals surface area contributed by atoms with E-state index in [0.717, 1.165) is 25.7 Å². The van der Waals surface area contributed by atoms with Crippen molar-refractivity contribution in [2.45, 2.75) is 89.6 Å². The minimum absolute atomic E-state index is 0.218. The van der Waals surface area contributed by atoms with Crippen LogP contribution in [0.1, 0.15) is 60.3 Å². The first-order valence-corrected chi connectivity index (χ1v) is 12.5. The molecule has 0 unspecified atom stereocenters. The van der Waals surface area contributed by atoms with E-state index < -0.39 is 16.8 Å². The number of halogens is 2. The van der Waals surface area contributed by atoms with Gasteiger partial charge < -0.3 is 8.22 Å². The predicted molar refractivity (Wildman–Crippen MR) is 83.5 cm³/mol. The van der Waals surface area contributed by atoms with E-state index in [4.69, 9.17) is 0 Å². The van der Waals surface area contributed by atoms with Crippen molar-refractivity contribution in [3.8, 4) is 0 Å². The predicted octanol–water partition coefficient (Wildman–Crippen LogP) is 6.39. The summed E-state index contributed by atoms with van der Waals surface area (Å²) in [6.45, 7) is 10.0. The molecule has 0 saturated carbocycles. The lowest BCUT2D eigenvalue weighted by atomic mass is 10.6. The molecule has 0 nitrogen and oxygen atoms in total. The molecule has 4 heteroatoms. The molecule has 0 spiro atoms. The van der Waals surface area contributed by atoms with E-state index in [1.807, 2.05) is 34.6 Å². The van der Waals surface area contributed by atoms with Gasteiger partial charge in [-0.2, -0.15) is 0 Å². The van der Waals surface area contributed by atoms with Gasteiger partial charge in [-0.15, -0.1) is 0 Å². The van der Waals surface area contributed by atoms with Crippen molar-refractivity contribution in [2.75, 3.05) is 0 Å². The summed E-state index contributed by atoms with van der Waals surface area (Å²) >= 11 is 0. The second-order valence-electron chi connectivity index (χ2n) is 5.79. The van der Waals surface area contributed by atoms with Gasteiger partial charge in [-0.25, -0.2) is 0 Å². The maximum atomic E-state index is 15.3. The summed E-state index contributed by atoms with van der Waals surface area (Å²) in [6.07, 6.45) is 3.48. The summed E-state index contributed by atoms with van der Waals surface area (Å²) in [5.74, 6) is 0. The third-order valence-corrected chi connectivity index (χ3v) is 15.7. The second-order valence-corrected chi connectivity index (χ2v) is 14.2. The molecular formula is C14H32F2Si2. The maximum absolute atomic E-state index is 15.3. The van der Waals surface area contributed by atoms with Gasteiger partial charge in [-0.1, -0.05) is 60.3 Å². The standard InChI is InChI=1S/C14H32F2Si2/c1-6-10-17(15,11-7-2)14(5)18(16,12-8-3)13-9-4/h14H,6-13H2,1-5H3. The van der Waals surface area contributed by atoms with Gasteiger partial charge in [0.25, 0.3) is 0 Å². The van der Waals surface area contributed by atoms with Gasteiger partial charge in [0.2, 0.25) is 16.8 Å². The van der Waals surface area contributed by atoms with Gasteiger partial charge in [-0.05, 0) is 24.2 Å². The molecule has 0 aliphatic heterocycles. The Bertz CT molecular complexity index is 188. The normalized spacial score (nSPS) is 13.3. The highest BCUT2D eigenvalue weighted by molar-refractivity contribution is 6.93. The number of hydrogen-bond acceptors (Lipinski definition) is 0. The lowest BCUT2D eigenvalue weighted by molar-refractivity contribution is 0.655. The quantitative estimate of drug-likeness (QED) is 0.324. The highest BCUT2D eigenvalue weighted by atomic mass is 28.4. The first kappa shape index (κ1) is 18.3. The molecule has 18 heavy (non-hydrogen) atoms. The Labute approximate surface area is 115 Å². The molecule has 0 rings (SSSR count). The summed E-state index contributed by atoms with van der Waals surface area (Å²) in [7, 11) is -5.75. The van der Waals surface area contributed by atoms with Crippen molar-refractivity contribution < 1.29 is 8.22 Å². The van der Waals surface area contributed by atoms with Crippen molar-refractivity contribution in [2.24, 2.45) is 0 Å². The van der Waals surface area contributed by atoms with E-state index in [1.165, 1.54) is 0 Å². The molecule has 0 aliphatic rings. The Hall–Kier alpha value is 0.294. The molecule has 0 radical (unpaired) electrons.